The predicted molar refractivity (Wildman–Crippen MR) is 120 cm³/mol. The Kier molecular flexibility index (Phi) is 7.10. The molecule has 0 spiro atoms. The van der Waals surface area contributed by atoms with E-state index in [4.69, 9.17) is 0 Å². The second-order valence-electron chi connectivity index (χ2n) is 9.27. The first-order valence-corrected chi connectivity index (χ1v) is 11.7. The van der Waals surface area contributed by atoms with Gasteiger partial charge in [-0.15, -0.1) is 0 Å². The molecule has 0 radical (unpaired) electrons. The lowest BCUT2D eigenvalue weighted by atomic mass is 9.66. The fraction of sp³-hybridized carbons (Fsp3) is 0.500. The van der Waals surface area contributed by atoms with Gasteiger partial charge in [-0.05, 0) is 36.8 Å². The van der Waals surface area contributed by atoms with E-state index in [0.29, 0.717) is 13.0 Å². The standard InChI is InChI=1S/C26H31F3N2O2/c27-26(28,29)18-30-22(17-19-9-3-1-4-10-19)24(32)31-16-15-25(33,20-11-5-2-6-12-20)21-13-7-8-14-23(21)31/h1-6,9-12,21-23,30,33H,7-8,13-18H2/t21-,22-,23+,25-/m0/s1. The van der Waals surface area contributed by atoms with Gasteiger partial charge in [0.05, 0.1) is 18.2 Å². The van der Waals surface area contributed by atoms with Crippen LogP contribution in [0.2, 0.25) is 0 Å². The molecular weight excluding hydrogens is 429 g/mol. The van der Waals surface area contributed by atoms with Crippen LogP contribution in [0.15, 0.2) is 60.7 Å². The van der Waals surface area contributed by atoms with Gasteiger partial charge in [-0.2, -0.15) is 13.2 Å². The monoisotopic (exact) mass is 460 g/mol. The summed E-state index contributed by atoms with van der Waals surface area (Å²) in [5.41, 5.74) is 0.630. The molecule has 1 saturated heterocycles. The predicted octanol–water partition coefficient (Wildman–Crippen LogP) is 4.43. The number of rotatable bonds is 6. The summed E-state index contributed by atoms with van der Waals surface area (Å²) in [5, 5.41) is 14.2. The molecule has 0 unspecified atom stereocenters. The normalized spacial score (nSPS) is 26.5. The molecule has 0 aromatic heterocycles. The number of carbonyl (C=O) groups is 1. The van der Waals surface area contributed by atoms with Gasteiger partial charge < -0.3 is 10.0 Å². The number of carbonyl (C=O) groups excluding carboxylic acids is 1. The summed E-state index contributed by atoms with van der Waals surface area (Å²) in [6.45, 7) is -0.892. The number of fused-ring (bicyclic) bond motifs is 1. The van der Waals surface area contributed by atoms with Gasteiger partial charge in [0, 0.05) is 18.5 Å². The molecule has 4 nitrogen and oxygen atoms in total. The third kappa shape index (κ3) is 5.41. The quantitative estimate of drug-likeness (QED) is 0.671. The number of amides is 1. The van der Waals surface area contributed by atoms with Crippen LogP contribution in [0.25, 0.3) is 0 Å². The highest BCUT2D eigenvalue weighted by molar-refractivity contribution is 5.83. The van der Waals surface area contributed by atoms with Crippen LogP contribution in [-0.2, 0) is 16.8 Å². The van der Waals surface area contributed by atoms with Crippen molar-refractivity contribution in [1.29, 1.82) is 0 Å². The van der Waals surface area contributed by atoms with Crippen LogP contribution in [0.1, 0.15) is 43.2 Å². The molecule has 0 bridgehead atoms. The third-order valence-corrected chi connectivity index (χ3v) is 7.16. The first-order chi connectivity index (χ1) is 15.8. The van der Waals surface area contributed by atoms with Crippen LogP contribution in [0, 0.1) is 5.92 Å². The highest BCUT2D eigenvalue weighted by Crippen LogP contribution is 2.47. The largest absolute Gasteiger partial charge is 0.401 e. The molecule has 1 amide bonds. The van der Waals surface area contributed by atoms with Gasteiger partial charge in [-0.25, -0.2) is 0 Å². The number of alkyl halides is 3. The summed E-state index contributed by atoms with van der Waals surface area (Å²) in [5.74, 6) is -0.443. The fourth-order valence-electron chi connectivity index (χ4n) is 5.58. The molecule has 1 heterocycles. The van der Waals surface area contributed by atoms with Crippen LogP contribution in [0.3, 0.4) is 0 Å². The van der Waals surface area contributed by atoms with Gasteiger partial charge in [-0.1, -0.05) is 73.5 Å². The summed E-state index contributed by atoms with van der Waals surface area (Å²) in [6, 6.07) is 17.5. The number of hydrogen-bond donors (Lipinski definition) is 2. The molecule has 4 rings (SSSR count). The van der Waals surface area contributed by atoms with E-state index in [1.165, 1.54) is 0 Å². The van der Waals surface area contributed by atoms with Crippen molar-refractivity contribution in [3.63, 3.8) is 0 Å². The molecule has 178 valence electrons. The molecule has 2 aromatic rings. The van der Waals surface area contributed by atoms with Crippen molar-refractivity contribution in [2.24, 2.45) is 5.92 Å². The van der Waals surface area contributed by atoms with E-state index < -0.39 is 24.4 Å². The summed E-state index contributed by atoms with van der Waals surface area (Å²) < 4.78 is 39.0. The molecule has 2 N–H and O–H groups in total. The van der Waals surface area contributed by atoms with Gasteiger partial charge in [0.15, 0.2) is 0 Å². The molecule has 2 fully saturated rings. The lowest BCUT2D eigenvalue weighted by Crippen LogP contribution is -2.62. The Balaban J connectivity index is 1.58. The number of benzene rings is 2. The minimum absolute atomic E-state index is 0.133. The molecule has 1 saturated carbocycles. The smallest absolute Gasteiger partial charge is 0.385 e. The Hall–Kier alpha value is -2.38. The van der Waals surface area contributed by atoms with Crippen molar-refractivity contribution in [3.8, 4) is 0 Å². The molecule has 2 aliphatic rings. The molecule has 4 atom stereocenters. The number of nitrogens with one attached hydrogen (secondary N) is 1. The van der Waals surface area contributed by atoms with Crippen LogP contribution in [-0.4, -0.2) is 47.3 Å². The van der Waals surface area contributed by atoms with Crippen molar-refractivity contribution in [2.45, 2.75) is 62.4 Å². The maximum absolute atomic E-state index is 13.6. The van der Waals surface area contributed by atoms with Gasteiger partial charge in [-0.3, -0.25) is 10.1 Å². The average Bonchev–Trinajstić information content (AvgIpc) is 2.82. The van der Waals surface area contributed by atoms with E-state index in [-0.39, 0.29) is 24.3 Å². The second kappa shape index (κ2) is 9.85. The number of piperidine rings is 1. The van der Waals surface area contributed by atoms with Crippen molar-refractivity contribution < 1.29 is 23.1 Å². The number of aliphatic hydroxyl groups is 1. The number of likely N-dealkylation sites (tertiary alicyclic amines) is 1. The zero-order chi connectivity index (χ0) is 23.5. The molecule has 1 aliphatic carbocycles. The van der Waals surface area contributed by atoms with Gasteiger partial charge >= 0.3 is 6.18 Å². The number of hydrogen-bond acceptors (Lipinski definition) is 3. The maximum atomic E-state index is 13.6. The molecule has 1 aliphatic heterocycles. The van der Waals surface area contributed by atoms with Crippen LogP contribution in [0.4, 0.5) is 13.2 Å². The SMILES string of the molecule is O=C([C@H](Cc1ccccc1)NCC(F)(F)F)N1CC[C@](O)(c2ccccc2)[C@H]2CCCC[C@H]21. The van der Waals surface area contributed by atoms with Crippen molar-refractivity contribution in [1.82, 2.24) is 10.2 Å². The zero-order valence-electron chi connectivity index (χ0n) is 18.6. The zero-order valence-corrected chi connectivity index (χ0v) is 18.6. The van der Waals surface area contributed by atoms with E-state index in [1.807, 2.05) is 60.7 Å². The highest BCUT2D eigenvalue weighted by atomic mass is 19.4. The molecular formula is C26H31F3N2O2. The minimum atomic E-state index is -4.40. The fourth-order valence-corrected chi connectivity index (χ4v) is 5.58. The minimum Gasteiger partial charge on any atom is -0.385 e. The lowest BCUT2D eigenvalue weighted by molar-refractivity contribution is -0.158. The number of halogens is 3. The van der Waals surface area contributed by atoms with Gasteiger partial charge in [0.2, 0.25) is 5.91 Å². The highest BCUT2D eigenvalue weighted by Gasteiger charge is 2.51. The van der Waals surface area contributed by atoms with Crippen LogP contribution in [0.5, 0.6) is 0 Å². The Morgan fingerprint density at radius 2 is 1.70 bits per heavy atom. The lowest BCUT2D eigenvalue weighted by Gasteiger charge is -2.53. The summed E-state index contributed by atoms with van der Waals surface area (Å²) in [6.07, 6.45) is -0.388. The van der Waals surface area contributed by atoms with E-state index in [9.17, 15) is 23.1 Å². The van der Waals surface area contributed by atoms with Gasteiger partial charge in [0.25, 0.3) is 0 Å². The Labute approximate surface area is 192 Å². The van der Waals surface area contributed by atoms with E-state index in [0.717, 1.165) is 36.8 Å². The third-order valence-electron chi connectivity index (χ3n) is 7.16. The first-order valence-electron chi connectivity index (χ1n) is 11.7. The maximum Gasteiger partial charge on any atom is 0.401 e. The average molecular weight is 461 g/mol. The first kappa shape index (κ1) is 23.8. The molecule has 33 heavy (non-hydrogen) atoms. The topological polar surface area (TPSA) is 52.6 Å². The second-order valence-corrected chi connectivity index (χ2v) is 9.27. The van der Waals surface area contributed by atoms with Crippen molar-refractivity contribution >= 4 is 5.91 Å². The van der Waals surface area contributed by atoms with E-state index in [2.05, 4.69) is 5.32 Å². The Morgan fingerprint density at radius 1 is 1.06 bits per heavy atom. The van der Waals surface area contributed by atoms with Gasteiger partial charge in [0.1, 0.15) is 0 Å². The van der Waals surface area contributed by atoms with E-state index in [1.54, 1.807) is 4.90 Å². The van der Waals surface area contributed by atoms with E-state index >= 15 is 0 Å². The summed E-state index contributed by atoms with van der Waals surface area (Å²) in [7, 11) is 0. The Bertz CT molecular complexity index is 922. The molecule has 2 aromatic carbocycles. The van der Waals surface area contributed by atoms with Crippen molar-refractivity contribution in [2.75, 3.05) is 13.1 Å². The van der Waals surface area contributed by atoms with Crippen molar-refractivity contribution in [3.05, 3.63) is 71.8 Å². The van der Waals surface area contributed by atoms with Crippen LogP contribution >= 0.6 is 0 Å². The van der Waals surface area contributed by atoms with Crippen LogP contribution < -0.4 is 5.32 Å². The summed E-state index contributed by atoms with van der Waals surface area (Å²) >= 11 is 0. The summed E-state index contributed by atoms with van der Waals surface area (Å²) in [4.78, 5) is 15.4. The molecule has 7 heteroatoms. The Morgan fingerprint density at radius 3 is 2.36 bits per heavy atom. The number of nitrogens with zero attached hydrogens (tertiary/aromatic N) is 1.